The van der Waals surface area contributed by atoms with Crippen molar-refractivity contribution in [3.05, 3.63) is 59.0 Å². The van der Waals surface area contributed by atoms with Crippen LogP contribution in [0, 0.1) is 6.92 Å². The topological polar surface area (TPSA) is 163 Å². The number of nitrogens with one attached hydrogen (secondary N) is 4. The van der Waals surface area contributed by atoms with E-state index in [4.69, 9.17) is 4.42 Å². The minimum absolute atomic E-state index is 0.0473. The van der Waals surface area contributed by atoms with E-state index in [1.807, 2.05) is 0 Å². The van der Waals surface area contributed by atoms with Crippen molar-refractivity contribution in [1.82, 2.24) is 26.3 Å². The van der Waals surface area contributed by atoms with Crippen LogP contribution in [0.5, 0.6) is 5.75 Å². The number of carbonyl (C=O) groups excluding carboxylic acids is 4. The smallest absolute Gasteiger partial charge is 0.322 e. The summed E-state index contributed by atoms with van der Waals surface area (Å²) in [6.07, 6.45) is 3.29. The van der Waals surface area contributed by atoms with Crippen LogP contribution in [0.3, 0.4) is 0 Å². The number of amides is 5. The van der Waals surface area contributed by atoms with Crippen LogP contribution in [0.4, 0.5) is 4.79 Å². The molecular weight excluding hydrogens is 442 g/mol. The first-order valence-electron chi connectivity index (χ1n) is 10.7. The van der Waals surface area contributed by atoms with Crippen molar-refractivity contribution in [3.8, 4) is 5.75 Å². The molecule has 0 radical (unpaired) electrons. The van der Waals surface area contributed by atoms with Gasteiger partial charge in [0.25, 0.3) is 17.7 Å². The minimum Gasteiger partial charge on any atom is -0.508 e. The van der Waals surface area contributed by atoms with Gasteiger partial charge in [0.05, 0.1) is 12.1 Å². The van der Waals surface area contributed by atoms with Crippen LogP contribution in [0.15, 0.2) is 40.9 Å². The number of phenols is 1. The van der Waals surface area contributed by atoms with Crippen molar-refractivity contribution in [3.63, 3.8) is 0 Å². The molecule has 2 aliphatic rings. The number of imide groups is 1. The standard InChI is InChI=1S/C23H21N5O6/c1-11-2-5-14(29)7-15(11)20(31)25-10-23(21(32)27-22(33)28-23)18-8-16-17(34-18)6-12(9-24-16)19(30)26-13-3-4-13/h2,5-9,13,29H,3-4,10H2,1H3,(H,25,31)(H,26,30)(H2,27,28,32,33)/t23-/m0/s1. The van der Waals surface area contributed by atoms with Crippen LogP contribution in [-0.2, 0) is 10.3 Å². The lowest BCUT2D eigenvalue weighted by molar-refractivity contribution is -0.124. The van der Waals surface area contributed by atoms with Crippen LogP contribution in [-0.4, -0.2) is 46.4 Å². The van der Waals surface area contributed by atoms with Gasteiger partial charge >= 0.3 is 6.03 Å². The number of pyridine rings is 1. The summed E-state index contributed by atoms with van der Waals surface area (Å²) in [6, 6.07) is 6.78. The summed E-state index contributed by atoms with van der Waals surface area (Å²) in [6.45, 7) is 1.38. The molecule has 1 aliphatic carbocycles. The van der Waals surface area contributed by atoms with E-state index in [0.717, 1.165) is 12.8 Å². The Morgan fingerprint density at radius 1 is 1.21 bits per heavy atom. The summed E-state index contributed by atoms with van der Waals surface area (Å²) in [5, 5.41) is 19.9. The van der Waals surface area contributed by atoms with Crippen molar-refractivity contribution in [2.75, 3.05) is 6.54 Å². The molecule has 0 bridgehead atoms. The van der Waals surface area contributed by atoms with Crippen LogP contribution in [0.25, 0.3) is 11.1 Å². The Bertz CT molecular complexity index is 1360. The molecule has 0 unspecified atom stereocenters. The zero-order valence-corrected chi connectivity index (χ0v) is 18.1. The Morgan fingerprint density at radius 3 is 2.71 bits per heavy atom. The maximum Gasteiger partial charge on any atom is 0.322 e. The number of nitrogens with zero attached hydrogens (tertiary/aromatic N) is 1. The molecule has 34 heavy (non-hydrogen) atoms. The maximum absolute atomic E-state index is 12.8. The van der Waals surface area contributed by atoms with Crippen LogP contribution < -0.4 is 21.3 Å². The van der Waals surface area contributed by atoms with E-state index < -0.39 is 23.4 Å². The molecular formula is C23H21N5O6. The Hall–Kier alpha value is -4.41. The molecule has 1 aromatic carbocycles. The third-order valence-electron chi connectivity index (χ3n) is 5.89. The molecule has 5 amide bonds. The fraction of sp³-hybridized carbons (Fsp3) is 0.261. The van der Waals surface area contributed by atoms with Gasteiger partial charge in [0, 0.05) is 23.9 Å². The number of aromatic hydroxyl groups is 1. The summed E-state index contributed by atoms with van der Waals surface area (Å²) in [5.41, 5.74) is 0.0474. The fourth-order valence-electron chi connectivity index (χ4n) is 3.79. The van der Waals surface area contributed by atoms with E-state index in [2.05, 4.69) is 26.3 Å². The monoisotopic (exact) mass is 463 g/mol. The molecule has 5 rings (SSSR count). The Morgan fingerprint density at radius 2 is 2.00 bits per heavy atom. The quantitative estimate of drug-likeness (QED) is 0.343. The molecule has 0 spiro atoms. The van der Waals surface area contributed by atoms with E-state index in [0.29, 0.717) is 16.6 Å². The van der Waals surface area contributed by atoms with Gasteiger partial charge < -0.3 is 25.5 Å². The largest absolute Gasteiger partial charge is 0.508 e. The number of fused-ring (bicyclic) bond motifs is 1. The van der Waals surface area contributed by atoms with Crippen LogP contribution >= 0.6 is 0 Å². The second kappa shape index (κ2) is 7.87. The minimum atomic E-state index is -1.73. The van der Waals surface area contributed by atoms with Crippen molar-refractivity contribution in [2.24, 2.45) is 0 Å². The van der Waals surface area contributed by atoms with Crippen molar-refractivity contribution in [1.29, 1.82) is 0 Å². The molecule has 1 saturated carbocycles. The summed E-state index contributed by atoms with van der Waals surface area (Å²) in [5.74, 6) is -1.57. The third-order valence-corrected chi connectivity index (χ3v) is 5.89. The number of urea groups is 1. The number of carbonyl (C=O) groups is 4. The average Bonchev–Trinajstić information content (AvgIpc) is 3.42. The second-order valence-corrected chi connectivity index (χ2v) is 8.46. The number of rotatable bonds is 6. The normalized spacial score (nSPS) is 19.6. The molecule has 11 heteroatoms. The predicted molar refractivity (Wildman–Crippen MR) is 118 cm³/mol. The van der Waals surface area contributed by atoms with Gasteiger partial charge in [-0.1, -0.05) is 6.07 Å². The number of hydrogen-bond acceptors (Lipinski definition) is 7. The number of furan rings is 1. The maximum atomic E-state index is 12.8. The summed E-state index contributed by atoms with van der Waals surface area (Å²) in [7, 11) is 0. The highest BCUT2D eigenvalue weighted by Gasteiger charge is 2.51. The second-order valence-electron chi connectivity index (χ2n) is 8.46. The molecule has 3 aromatic rings. The Kier molecular flexibility index (Phi) is 4.96. The van der Waals surface area contributed by atoms with Gasteiger partial charge in [-0.3, -0.25) is 24.7 Å². The Balaban J connectivity index is 1.45. The van der Waals surface area contributed by atoms with Crippen molar-refractivity contribution in [2.45, 2.75) is 31.3 Å². The van der Waals surface area contributed by atoms with E-state index in [1.165, 1.54) is 30.5 Å². The molecule has 11 nitrogen and oxygen atoms in total. The highest BCUT2D eigenvalue weighted by molar-refractivity contribution is 6.08. The van der Waals surface area contributed by atoms with Crippen LogP contribution in [0.1, 0.15) is 44.9 Å². The molecule has 1 aliphatic heterocycles. The molecule has 3 heterocycles. The van der Waals surface area contributed by atoms with Gasteiger partial charge in [0.2, 0.25) is 0 Å². The first kappa shape index (κ1) is 21.4. The SMILES string of the molecule is Cc1ccc(O)cc1C(=O)NC[C@@]1(c2cc3ncc(C(=O)NC4CC4)cc3o2)NC(=O)NC1=O. The van der Waals surface area contributed by atoms with Gasteiger partial charge in [-0.05, 0) is 43.5 Å². The highest BCUT2D eigenvalue weighted by atomic mass is 16.3. The fourth-order valence-corrected chi connectivity index (χ4v) is 3.79. The van der Waals surface area contributed by atoms with E-state index in [9.17, 15) is 24.3 Å². The lowest BCUT2D eigenvalue weighted by Crippen LogP contribution is -2.52. The van der Waals surface area contributed by atoms with E-state index in [-0.39, 0.29) is 41.2 Å². The zero-order chi connectivity index (χ0) is 24.0. The molecule has 2 aromatic heterocycles. The highest BCUT2D eigenvalue weighted by Crippen LogP contribution is 2.30. The first-order valence-corrected chi connectivity index (χ1v) is 10.7. The first-order chi connectivity index (χ1) is 16.2. The van der Waals surface area contributed by atoms with E-state index >= 15 is 0 Å². The average molecular weight is 463 g/mol. The lowest BCUT2D eigenvalue weighted by Gasteiger charge is -2.24. The predicted octanol–water partition coefficient (Wildman–Crippen LogP) is 1.20. The number of aryl methyl sites for hydroxylation is 1. The number of hydrogen-bond donors (Lipinski definition) is 5. The van der Waals surface area contributed by atoms with Crippen molar-refractivity contribution >= 4 is 34.9 Å². The number of phenolic OH excluding ortho intramolecular Hbond substituents is 1. The van der Waals surface area contributed by atoms with Gasteiger partial charge in [-0.2, -0.15) is 0 Å². The van der Waals surface area contributed by atoms with Gasteiger partial charge in [0.15, 0.2) is 11.1 Å². The van der Waals surface area contributed by atoms with Crippen molar-refractivity contribution < 1.29 is 28.7 Å². The zero-order valence-electron chi connectivity index (χ0n) is 18.1. The molecule has 174 valence electrons. The Labute approximate surface area is 192 Å². The molecule has 1 saturated heterocycles. The van der Waals surface area contributed by atoms with E-state index in [1.54, 1.807) is 13.0 Å². The molecule has 1 atom stereocenters. The van der Waals surface area contributed by atoms with Gasteiger partial charge in [-0.25, -0.2) is 4.79 Å². The summed E-state index contributed by atoms with van der Waals surface area (Å²) in [4.78, 5) is 54.2. The molecule has 2 fully saturated rings. The van der Waals surface area contributed by atoms with Gasteiger partial charge in [0.1, 0.15) is 17.0 Å². The molecule has 5 N–H and O–H groups in total. The number of benzene rings is 1. The van der Waals surface area contributed by atoms with Gasteiger partial charge in [-0.15, -0.1) is 0 Å². The third kappa shape index (κ3) is 3.81. The summed E-state index contributed by atoms with van der Waals surface area (Å²) < 4.78 is 5.86. The lowest BCUT2D eigenvalue weighted by atomic mass is 9.96. The van der Waals surface area contributed by atoms with Crippen LogP contribution in [0.2, 0.25) is 0 Å². The number of aromatic nitrogens is 1. The summed E-state index contributed by atoms with van der Waals surface area (Å²) >= 11 is 0.